The van der Waals surface area contributed by atoms with E-state index in [-0.39, 0.29) is 29.9 Å². The number of piperidine rings is 1. The maximum absolute atomic E-state index is 12.8. The number of amides is 1. The molecule has 1 saturated heterocycles. The number of hydrogen-bond donors (Lipinski definition) is 1. The monoisotopic (exact) mass is 429 g/mol. The van der Waals surface area contributed by atoms with Crippen molar-refractivity contribution in [3.63, 3.8) is 0 Å². The second kappa shape index (κ2) is 8.41. The van der Waals surface area contributed by atoms with Gasteiger partial charge >= 0.3 is 0 Å². The highest BCUT2D eigenvalue weighted by molar-refractivity contribution is 7.89. The van der Waals surface area contributed by atoms with Crippen LogP contribution in [0.1, 0.15) is 19.8 Å². The first-order valence-electron chi connectivity index (χ1n) is 9.81. The fourth-order valence-corrected chi connectivity index (χ4v) is 4.90. The Morgan fingerprint density at radius 2 is 2.07 bits per heavy atom. The van der Waals surface area contributed by atoms with Crippen LogP contribution in [-0.4, -0.2) is 46.4 Å². The van der Waals surface area contributed by atoms with Gasteiger partial charge in [0, 0.05) is 49.1 Å². The van der Waals surface area contributed by atoms with E-state index in [1.807, 2.05) is 25.1 Å². The molecule has 1 amide bonds. The molecule has 1 aliphatic rings. The van der Waals surface area contributed by atoms with E-state index in [0.717, 1.165) is 5.56 Å². The van der Waals surface area contributed by atoms with Crippen molar-refractivity contribution < 1.29 is 17.7 Å². The Hall–Kier alpha value is -2.98. The Balaban J connectivity index is 1.37. The molecule has 0 unspecified atom stereocenters. The molecular formula is C20H23N5O4S. The van der Waals surface area contributed by atoms with Crippen LogP contribution in [0.25, 0.3) is 11.3 Å². The first-order chi connectivity index (χ1) is 14.5. The van der Waals surface area contributed by atoms with Crippen molar-refractivity contribution in [3.05, 3.63) is 49.1 Å². The van der Waals surface area contributed by atoms with Crippen molar-refractivity contribution in [1.82, 2.24) is 19.0 Å². The lowest BCUT2D eigenvalue weighted by molar-refractivity contribution is -0.120. The van der Waals surface area contributed by atoms with E-state index < -0.39 is 10.0 Å². The van der Waals surface area contributed by atoms with E-state index in [9.17, 15) is 13.2 Å². The number of nitrogens with one attached hydrogen (secondary N) is 1. The number of carbonyl (C=O) groups excluding carboxylic acids is 1. The SMILES string of the molecule is CCn1cnc(S(=O)(=O)N2CCC(C(=O)Nc3cccc(-c4ccno4)c3)CC2)c1. The molecule has 0 saturated carbocycles. The van der Waals surface area contributed by atoms with Crippen molar-refractivity contribution in [3.8, 4) is 11.3 Å². The van der Waals surface area contributed by atoms with Crippen molar-refractivity contribution in [2.75, 3.05) is 18.4 Å². The minimum Gasteiger partial charge on any atom is -0.356 e. The Labute approximate surface area is 174 Å². The summed E-state index contributed by atoms with van der Waals surface area (Å²) in [5, 5.41) is 6.67. The number of aromatic nitrogens is 3. The number of aryl methyl sites for hydroxylation is 1. The van der Waals surface area contributed by atoms with Gasteiger partial charge in [0.15, 0.2) is 10.8 Å². The number of rotatable bonds is 6. The highest BCUT2D eigenvalue weighted by Gasteiger charge is 2.33. The van der Waals surface area contributed by atoms with E-state index in [1.165, 1.54) is 16.8 Å². The molecule has 3 heterocycles. The van der Waals surface area contributed by atoms with Crippen LogP contribution >= 0.6 is 0 Å². The molecule has 0 radical (unpaired) electrons. The van der Waals surface area contributed by atoms with Crippen molar-refractivity contribution in [2.45, 2.75) is 31.3 Å². The smallest absolute Gasteiger partial charge is 0.262 e. The van der Waals surface area contributed by atoms with Gasteiger partial charge in [0.1, 0.15) is 0 Å². The minimum absolute atomic E-state index is 0.0523. The summed E-state index contributed by atoms with van der Waals surface area (Å²) in [6.07, 6.45) is 5.54. The van der Waals surface area contributed by atoms with Crippen molar-refractivity contribution in [1.29, 1.82) is 0 Å². The topological polar surface area (TPSA) is 110 Å². The van der Waals surface area contributed by atoms with Gasteiger partial charge in [0.25, 0.3) is 10.0 Å². The van der Waals surface area contributed by atoms with E-state index in [1.54, 1.807) is 22.9 Å². The van der Waals surface area contributed by atoms with Crippen LogP contribution in [0.2, 0.25) is 0 Å². The highest BCUT2D eigenvalue weighted by atomic mass is 32.2. The van der Waals surface area contributed by atoms with Crippen LogP contribution in [0.4, 0.5) is 5.69 Å². The zero-order valence-corrected chi connectivity index (χ0v) is 17.4. The van der Waals surface area contributed by atoms with Crippen molar-refractivity contribution >= 4 is 21.6 Å². The van der Waals surface area contributed by atoms with Gasteiger partial charge in [0.05, 0.1) is 12.5 Å². The van der Waals surface area contributed by atoms with Gasteiger partial charge in [-0.25, -0.2) is 13.4 Å². The maximum Gasteiger partial charge on any atom is 0.262 e. The van der Waals surface area contributed by atoms with Gasteiger partial charge in [-0.3, -0.25) is 4.79 Å². The van der Waals surface area contributed by atoms with Gasteiger partial charge < -0.3 is 14.4 Å². The summed E-state index contributed by atoms with van der Waals surface area (Å²) in [7, 11) is -3.64. The number of anilines is 1. The molecule has 30 heavy (non-hydrogen) atoms. The zero-order valence-electron chi connectivity index (χ0n) is 16.6. The summed E-state index contributed by atoms with van der Waals surface area (Å²) < 4.78 is 33.8. The summed E-state index contributed by atoms with van der Waals surface area (Å²) in [4.78, 5) is 16.7. The predicted octanol–water partition coefficient (Wildman–Crippen LogP) is 2.60. The Morgan fingerprint density at radius 1 is 1.27 bits per heavy atom. The largest absolute Gasteiger partial charge is 0.356 e. The first kappa shape index (κ1) is 20.3. The van der Waals surface area contributed by atoms with E-state index in [2.05, 4.69) is 15.5 Å². The number of hydrogen-bond acceptors (Lipinski definition) is 6. The molecule has 1 aromatic carbocycles. The standard InChI is InChI=1S/C20H23N5O4S/c1-2-24-13-19(21-14-24)30(27,28)25-10-7-15(8-11-25)20(26)23-17-5-3-4-16(12-17)18-6-9-22-29-18/h3-6,9,12-15H,2,7-8,10-11H2,1H3,(H,23,26). The highest BCUT2D eigenvalue weighted by Crippen LogP contribution is 2.26. The number of carbonyl (C=O) groups is 1. The van der Waals surface area contributed by atoms with Crippen LogP contribution in [0, 0.1) is 5.92 Å². The second-order valence-electron chi connectivity index (χ2n) is 7.17. The molecule has 0 spiro atoms. The summed E-state index contributed by atoms with van der Waals surface area (Å²) in [6.45, 7) is 3.15. The van der Waals surface area contributed by atoms with Crippen molar-refractivity contribution in [2.24, 2.45) is 5.92 Å². The molecule has 4 rings (SSSR count). The Bertz CT molecular complexity index is 1120. The lowest BCUT2D eigenvalue weighted by atomic mass is 9.97. The average Bonchev–Trinajstić information content (AvgIpc) is 3.46. The van der Waals surface area contributed by atoms with E-state index >= 15 is 0 Å². The number of imidazole rings is 1. The third-order valence-electron chi connectivity index (χ3n) is 5.26. The van der Waals surface area contributed by atoms with Crippen LogP contribution in [0.15, 0.2) is 58.6 Å². The molecule has 1 fully saturated rings. The summed E-state index contributed by atoms with van der Waals surface area (Å²) >= 11 is 0. The fourth-order valence-electron chi connectivity index (χ4n) is 3.50. The summed E-state index contributed by atoms with van der Waals surface area (Å²) in [5.74, 6) is 0.255. The van der Waals surface area contributed by atoms with Gasteiger partial charge in [-0.05, 0) is 31.9 Å². The maximum atomic E-state index is 12.8. The number of sulfonamides is 1. The lowest BCUT2D eigenvalue weighted by Crippen LogP contribution is -2.41. The molecule has 1 aliphatic heterocycles. The summed E-state index contributed by atoms with van der Waals surface area (Å²) in [5.41, 5.74) is 1.48. The number of nitrogens with zero attached hydrogens (tertiary/aromatic N) is 4. The third kappa shape index (κ3) is 4.14. The molecule has 0 aliphatic carbocycles. The third-order valence-corrected chi connectivity index (χ3v) is 7.04. The molecule has 2 aromatic heterocycles. The molecule has 0 bridgehead atoms. The van der Waals surface area contributed by atoms with Gasteiger partial charge in [-0.15, -0.1) is 0 Å². The van der Waals surface area contributed by atoms with Crippen LogP contribution in [0.3, 0.4) is 0 Å². The predicted molar refractivity (Wildman–Crippen MR) is 110 cm³/mol. The van der Waals surface area contributed by atoms with E-state index in [4.69, 9.17) is 4.52 Å². The Morgan fingerprint density at radius 3 is 2.73 bits per heavy atom. The number of benzene rings is 1. The molecule has 1 N–H and O–H groups in total. The quantitative estimate of drug-likeness (QED) is 0.645. The fraction of sp³-hybridized carbons (Fsp3) is 0.350. The lowest BCUT2D eigenvalue weighted by Gasteiger charge is -2.29. The van der Waals surface area contributed by atoms with Crippen LogP contribution in [0.5, 0.6) is 0 Å². The van der Waals surface area contributed by atoms with Gasteiger partial charge in [-0.1, -0.05) is 17.3 Å². The molecule has 158 valence electrons. The molecule has 10 heteroatoms. The second-order valence-corrected chi connectivity index (χ2v) is 9.05. The van der Waals surface area contributed by atoms with Crippen LogP contribution in [-0.2, 0) is 21.4 Å². The first-order valence-corrected chi connectivity index (χ1v) is 11.3. The van der Waals surface area contributed by atoms with Gasteiger partial charge in [-0.2, -0.15) is 4.31 Å². The molecular weight excluding hydrogens is 406 g/mol. The average molecular weight is 430 g/mol. The normalized spacial score (nSPS) is 15.9. The van der Waals surface area contributed by atoms with Crippen LogP contribution < -0.4 is 5.32 Å². The van der Waals surface area contributed by atoms with E-state index in [0.29, 0.717) is 30.8 Å². The zero-order chi connectivity index (χ0) is 21.1. The summed E-state index contributed by atoms with van der Waals surface area (Å²) in [6, 6.07) is 9.08. The Kier molecular flexibility index (Phi) is 5.69. The molecule has 0 atom stereocenters. The van der Waals surface area contributed by atoms with Gasteiger partial charge in [0.2, 0.25) is 5.91 Å². The minimum atomic E-state index is -3.64. The molecule has 9 nitrogen and oxygen atoms in total. The molecule has 3 aromatic rings.